The molecule has 0 amide bonds. The van der Waals surface area contributed by atoms with E-state index in [4.69, 9.17) is 0 Å². The zero-order valence-electron chi connectivity index (χ0n) is 12.2. The Morgan fingerprint density at radius 2 is 2.00 bits per heavy atom. The van der Waals surface area contributed by atoms with E-state index in [-0.39, 0.29) is 6.04 Å². The van der Waals surface area contributed by atoms with Crippen LogP contribution in [0.15, 0.2) is 35.1 Å². The Morgan fingerprint density at radius 1 is 1.25 bits per heavy atom. The number of halogens is 1. The smallest absolute Gasteiger partial charge is 0.140 e. The molecule has 0 unspecified atom stereocenters. The summed E-state index contributed by atoms with van der Waals surface area (Å²) in [6.45, 7) is 8.14. The zero-order chi connectivity index (χ0) is 14.5. The molecule has 0 radical (unpaired) electrons. The Labute approximate surface area is 128 Å². The standard InChI is InChI=1S/C15H21BrN4/c1-11(2)9-20-15(18-10-19-20)8-17-12(3)13-6-4-5-7-14(13)16/h4-7,10-12,17H,8-9H2,1-3H3/t12-/m1/s1. The molecular formula is C15H21BrN4. The quantitative estimate of drug-likeness (QED) is 0.877. The van der Waals surface area contributed by atoms with Crippen LogP contribution in [0.2, 0.25) is 0 Å². The van der Waals surface area contributed by atoms with E-state index in [1.165, 1.54) is 5.56 Å². The predicted molar refractivity (Wildman–Crippen MR) is 84.3 cm³/mol. The third kappa shape index (κ3) is 3.90. The number of nitrogens with one attached hydrogen (secondary N) is 1. The van der Waals surface area contributed by atoms with Crippen molar-refractivity contribution in [2.45, 2.75) is 39.9 Å². The second-order valence-electron chi connectivity index (χ2n) is 5.38. The molecule has 1 atom stereocenters. The van der Waals surface area contributed by atoms with Crippen LogP contribution in [0.3, 0.4) is 0 Å². The summed E-state index contributed by atoms with van der Waals surface area (Å²) in [5.74, 6) is 1.55. The highest BCUT2D eigenvalue weighted by atomic mass is 79.9. The van der Waals surface area contributed by atoms with Crippen LogP contribution < -0.4 is 5.32 Å². The number of aromatic nitrogens is 3. The minimum Gasteiger partial charge on any atom is -0.303 e. The molecule has 5 heteroatoms. The molecule has 0 saturated carbocycles. The second kappa shape index (κ2) is 6.99. The van der Waals surface area contributed by atoms with E-state index in [0.29, 0.717) is 5.92 Å². The second-order valence-corrected chi connectivity index (χ2v) is 6.23. The number of nitrogens with zero attached hydrogens (tertiary/aromatic N) is 3. The van der Waals surface area contributed by atoms with Crippen molar-refractivity contribution in [3.05, 3.63) is 46.5 Å². The number of rotatable bonds is 6. The number of benzene rings is 1. The summed E-state index contributed by atoms with van der Waals surface area (Å²) in [5.41, 5.74) is 1.25. The van der Waals surface area contributed by atoms with Gasteiger partial charge in [-0.1, -0.05) is 48.0 Å². The Bertz CT molecular complexity index is 550. The summed E-state index contributed by atoms with van der Waals surface area (Å²) in [6.07, 6.45) is 1.63. The fourth-order valence-corrected chi connectivity index (χ4v) is 2.73. The molecule has 0 saturated heterocycles. The van der Waals surface area contributed by atoms with Crippen LogP contribution in [0.4, 0.5) is 0 Å². The van der Waals surface area contributed by atoms with Gasteiger partial charge in [0.05, 0.1) is 6.54 Å². The van der Waals surface area contributed by atoms with Gasteiger partial charge in [0.1, 0.15) is 12.2 Å². The zero-order valence-corrected chi connectivity index (χ0v) is 13.8. The highest BCUT2D eigenvalue weighted by Gasteiger charge is 2.11. The maximum Gasteiger partial charge on any atom is 0.140 e. The van der Waals surface area contributed by atoms with Crippen molar-refractivity contribution in [3.63, 3.8) is 0 Å². The lowest BCUT2D eigenvalue weighted by Crippen LogP contribution is -2.22. The van der Waals surface area contributed by atoms with Crippen LogP contribution in [-0.2, 0) is 13.1 Å². The molecule has 4 nitrogen and oxygen atoms in total. The van der Waals surface area contributed by atoms with Crippen molar-refractivity contribution in [1.29, 1.82) is 0 Å². The fourth-order valence-electron chi connectivity index (χ4n) is 2.10. The SMILES string of the molecule is CC(C)Cn1ncnc1CN[C@H](C)c1ccccc1Br. The highest BCUT2D eigenvalue weighted by molar-refractivity contribution is 9.10. The first-order valence-corrected chi connectivity index (χ1v) is 7.71. The van der Waals surface area contributed by atoms with Crippen LogP contribution in [0, 0.1) is 5.92 Å². The normalized spacial score (nSPS) is 12.8. The van der Waals surface area contributed by atoms with Gasteiger partial charge in [-0.2, -0.15) is 5.10 Å². The summed E-state index contributed by atoms with van der Waals surface area (Å²) < 4.78 is 3.10. The van der Waals surface area contributed by atoms with Gasteiger partial charge in [0.15, 0.2) is 0 Å². The number of hydrogen-bond acceptors (Lipinski definition) is 3. The van der Waals surface area contributed by atoms with Crippen molar-refractivity contribution in [2.75, 3.05) is 0 Å². The van der Waals surface area contributed by atoms with E-state index >= 15 is 0 Å². The molecule has 0 bridgehead atoms. The average molecular weight is 337 g/mol. The molecule has 0 aliphatic heterocycles. The third-order valence-corrected chi connectivity index (χ3v) is 3.89. The lowest BCUT2D eigenvalue weighted by Gasteiger charge is -2.16. The maximum absolute atomic E-state index is 4.33. The van der Waals surface area contributed by atoms with Crippen molar-refractivity contribution in [2.24, 2.45) is 5.92 Å². The van der Waals surface area contributed by atoms with Crippen LogP contribution >= 0.6 is 15.9 Å². The molecule has 0 spiro atoms. The summed E-state index contributed by atoms with van der Waals surface area (Å²) in [6, 6.07) is 8.53. The molecule has 108 valence electrons. The lowest BCUT2D eigenvalue weighted by molar-refractivity contribution is 0.449. The molecule has 0 aliphatic carbocycles. The van der Waals surface area contributed by atoms with Gasteiger partial charge < -0.3 is 5.32 Å². The Morgan fingerprint density at radius 3 is 2.70 bits per heavy atom. The average Bonchev–Trinajstić information content (AvgIpc) is 2.83. The molecule has 2 rings (SSSR count). The summed E-state index contributed by atoms with van der Waals surface area (Å²) in [4.78, 5) is 4.33. The Balaban J connectivity index is 1.99. The predicted octanol–water partition coefficient (Wildman–Crippen LogP) is 3.55. The van der Waals surface area contributed by atoms with Crippen molar-refractivity contribution in [1.82, 2.24) is 20.1 Å². The number of hydrogen-bond donors (Lipinski definition) is 1. The maximum atomic E-state index is 4.33. The summed E-state index contributed by atoms with van der Waals surface area (Å²) in [7, 11) is 0. The van der Waals surface area contributed by atoms with Crippen LogP contribution in [0.5, 0.6) is 0 Å². The summed E-state index contributed by atoms with van der Waals surface area (Å²) >= 11 is 3.59. The third-order valence-electron chi connectivity index (χ3n) is 3.17. The minimum atomic E-state index is 0.259. The van der Waals surface area contributed by atoms with E-state index in [2.05, 4.69) is 70.3 Å². The van der Waals surface area contributed by atoms with E-state index in [9.17, 15) is 0 Å². The van der Waals surface area contributed by atoms with E-state index < -0.39 is 0 Å². The Hall–Kier alpha value is -1.20. The molecule has 20 heavy (non-hydrogen) atoms. The van der Waals surface area contributed by atoms with Gasteiger partial charge in [-0.15, -0.1) is 0 Å². The van der Waals surface area contributed by atoms with Crippen LogP contribution in [0.25, 0.3) is 0 Å². The van der Waals surface area contributed by atoms with Crippen molar-refractivity contribution >= 4 is 15.9 Å². The first kappa shape index (κ1) is 15.2. The molecule has 0 fully saturated rings. The van der Waals surface area contributed by atoms with E-state index in [0.717, 1.165) is 23.4 Å². The van der Waals surface area contributed by atoms with Gasteiger partial charge in [0.2, 0.25) is 0 Å². The van der Waals surface area contributed by atoms with Gasteiger partial charge in [-0.05, 0) is 24.5 Å². The van der Waals surface area contributed by atoms with Gasteiger partial charge in [-0.25, -0.2) is 9.67 Å². The molecule has 1 N–H and O–H groups in total. The fraction of sp³-hybridized carbons (Fsp3) is 0.467. The molecule has 0 aliphatic rings. The largest absolute Gasteiger partial charge is 0.303 e. The first-order valence-electron chi connectivity index (χ1n) is 6.92. The monoisotopic (exact) mass is 336 g/mol. The van der Waals surface area contributed by atoms with Crippen LogP contribution in [0.1, 0.15) is 38.2 Å². The Kier molecular flexibility index (Phi) is 5.31. The van der Waals surface area contributed by atoms with E-state index in [1.54, 1.807) is 6.33 Å². The van der Waals surface area contributed by atoms with Gasteiger partial charge >= 0.3 is 0 Å². The molecule has 2 aromatic rings. The molecule has 1 aromatic carbocycles. The highest BCUT2D eigenvalue weighted by Crippen LogP contribution is 2.22. The molecule has 1 heterocycles. The lowest BCUT2D eigenvalue weighted by atomic mass is 10.1. The summed E-state index contributed by atoms with van der Waals surface area (Å²) in [5, 5.41) is 7.78. The van der Waals surface area contributed by atoms with Gasteiger partial charge in [0, 0.05) is 17.1 Å². The minimum absolute atomic E-state index is 0.259. The topological polar surface area (TPSA) is 42.7 Å². The molecular weight excluding hydrogens is 316 g/mol. The van der Waals surface area contributed by atoms with Crippen LogP contribution in [-0.4, -0.2) is 14.8 Å². The van der Waals surface area contributed by atoms with E-state index in [1.807, 2.05) is 10.7 Å². The van der Waals surface area contributed by atoms with Crippen molar-refractivity contribution in [3.8, 4) is 0 Å². The van der Waals surface area contributed by atoms with Gasteiger partial charge in [0.25, 0.3) is 0 Å². The molecule has 1 aromatic heterocycles. The first-order chi connectivity index (χ1) is 9.58. The van der Waals surface area contributed by atoms with Gasteiger partial charge in [-0.3, -0.25) is 0 Å². The van der Waals surface area contributed by atoms with Crippen molar-refractivity contribution < 1.29 is 0 Å².